The van der Waals surface area contributed by atoms with Crippen LogP contribution >= 0.6 is 0 Å². The molecule has 0 fully saturated rings. The van der Waals surface area contributed by atoms with E-state index in [1.54, 1.807) is 6.20 Å². The van der Waals surface area contributed by atoms with Gasteiger partial charge in [0.25, 0.3) is 5.91 Å². The van der Waals surface area contributed by atoms with E-state index in [2.05, 4.69) is 22.4 Å². The Morgan fingerprint density at radius 3 is 3.06 bits per heavy atom. The molecule has 2 rings (SSSR count). The monoisotopic (exact) mass is 246 g/mol. The molecule has 0 aliphatic carbocycles. The Morgan fingerprint density at radius 2 is 2.33 bits per heavy atom. The summed E-state index contributed by atoms with van der Waals surface area (Å²) in [6.45, 7) is 4.96. The van der Waals surface area contributed by atoms with Gasteiger partial charge in [0.15, 0.2) is 0 Å². The molecule has 96 valence electrons. The SMILES string of the molecule is CCCn1cccc1C(=O)Nc1[nH]ncc1CC. The summed E-state index contributed by atoms with van der Waals surface area (Å²) in [5.41, 5.74) is 1.69. The fourth-order valence-electron chi connectivity index (χ4n) is 1.92. The van der Waals surface area contributed by atoms with Gasteiger partial charge in [0.1, 0.15) is 11.5 Å². The van der Waals surface area contributed by atoms with E-state index >= 15 is 0 Å². The van der Waals surface area contributed by atoms with E-state index in [4.69, 9.17) is 0 Å². The summed E-state index contributed by atoms with van der Waals surface area (Å²) < 4.78 is 1.96. The lowest BCUT2D eigenvalue weighted by atomic mass is 10.2. The van der Waals surface area contributed by atoms with Crippen LogP contribution < -0.4 is 5.32 Å². The van der Waals surface area contributed by atoms with Crippen molar-refractivity contribution in [3.63, 3.8) is 0 Å². The third-order valence-corrected chi connectivity index (χ3v) is 2.86. The Kier molecular flexibility index (Phi) is 3.82. The number of H-pyrrole nitrogens is 1. The maximum atomic E-state index is 12.2. The highest BCUT2D eigenvalue weighted by Crippen LogP contribution is 2.13. The first kappa shape index (κ1) is 12.4. The molecule has 0 aromatic carbocycles. The maximum Gasteiger partial charge on any atom is 0.273 e. The molecular formula is C13H18N4O. The fourth-order valence-corrected chi connectivity index (χ4v) is 1.92. The van der Waals surface area contributed by atoms with Gasteiger partial charge in [0.05, 0.1) is 6.20 Å². The third-order valence-electron chi connectivity index (χ3n) is 2.86. The van der Waals surface area contributed by atoms with Gasteiger partial charge in [0.2, 0.25) is 0 Å². The molecule has 2 aromatic rings. The number of carbonyl (C=O) groups is 1. The molecule has 2 N–H and O–H groups in total. The molecule has 0 spiro atoms. The minimum Gasteiger partial charge on any atom is -0.344 e. The number of anilines is 1. The average Bonchev–Trinajstić information content (AvgIpc) is 2.98. The van der Waals surface area contributed by atoms with E-state index in [-0.39, 0.29) is 5.91 Å². The van der Waals surface area contributed by atoms with Crippen LogP contribution in [0.3, 0.4) is 0 Å². The molecule has 1 amide bonds. The van der Waals surface area contributed by atoms with E-state index in [0.29, 0.717) is 11.5 Å². The van der Waals surface area contributed by atoms with Crippen LogP contribution in [-0.4, -0.2) is 20.7 Å². The number of rotatable bonds is 5. The number of amides is 1. The molecule has 18 heavy (non-hydrogen) atoms. The zero-order chi connectivity index (χ0) is 13.0. The van der Waals surface area contributed by atoms with Crippen molar-refractivity contribution in [1.82, 2.24) is 14.8 Å². The van der Waals surface area contributed by atoms with Gasteiger partial charge in [0, 0.05) is 18.3 Å². The molecule has 5 heteroatoms. The van der Waals surface area contributed by atoms with Crippen LogP contribution in [0, 0.1) is 0 Å². The summed E-state index contributed by atoms with van der Waals surface area (Å²) in [5, 5.41) is 9.61. The van der Waals surface area contributed by atoms with Gasteiger partial charge in [-0.1, -0.05) is 13.8 Å². The molecular weight excluding hydrogens is 228 g/mol. The second-order valence-electron chi connectivity index (χ2n) is 4.16. The van der Waals surface area contributed by atoms with E-state index in [9.17, 15) is 4.79 Å². The van der Waals surface area contributed by atoms with Gasteiger partial charge < -0.3 is 9.88 Å². The van der Waals surface area contributed by atoms with Crippen LogP contribution in [0.5, 0.6) is 0 Å². The Balaban J connectivity index is 2.14. The van der Waals surface area contributed by atoms with Crippen molar-refractivity contribution in [3.8, 4) is 0 Å². The predicted molar refractivity (Wildman–Crippen MR) is 70.6 cm³/mol. The summed E-state index contributed by atoms with van der Waals surface area (Å²) in [7, 11) is 0. The number of nitrogens with one attached hydrogen (secondary N) is 2. The minimum atomic E-state index is -0.104. The number of aromatic amines is 1. The van der Waals surface area contributed by atoms with Crippen molar-refractivity contribution < 1.29 is 4.79 Å². The lowest BCUT2D eigenvalue weighted by Gasteiger charge is -2.08. The van der Waals surface area contributed by atoms with Crippen LogP contribution in [0.15, 0.2) is 24.5 Å². The first-order chi connectivity index (χ1) is 8.76. The highest BCUT2D eigenvalue weighted by molar-refractivity contribution is 6.03. The zero-order valence-corrected chi connectivity index (χ0v) is 10.7. The molecule has 0 aliphatic rings. The third kappa shape index (κ3) is 2.45. The topological polar surface area (TPSA) is 62.7 Å². The first-order valence-corrected chi connectivity index (χ1v) is 6.25. The largest absolute Gasteiger partial charge is 0.344 e. The fraction of sp³-hybridized carbons (Fsp3) is 0.385. The smallest absolute Gasteiger partial charge is 0.273 e. The molecule has 2 heterocycles. The van der Waals surface area contributed by atoms with Gasteiger partial charge in [-0.15, -0.1) is 0 Å². The summed E-state index contributed by atoms with van der Waals surface area (Å²) in [4.78, 5) is 12.2. The molecule has 0 unspecified atom stereocenters. The number of aromatic nitrogens is 3. The second kappa shape index (κ2) is 5.53. The van der Waals surface area contributed by atoms with Gasteiger partial charge in [-0.2, -0.15) is 5.10 Å². The lowest BCUT2D eigenvalue weighted by Crippen LogP contribution is -2.17. The highest BCUT2D eigenvalue weighted by Gasteiger charge is 2.13. The van der Waals surface area contributed by atoms with Crippen molar-refractivity contribution >= 4 is 11.7 Å². The summed E-state index contributed by atoms with van der Waals surface area (Å²) in [5.74, 6) is 0.583. The minimum absolute atomic E-state index is 0.104. The number of carbonyl (C=O) groups excluding carboxylic acids is 1. The Labute approximate surface area is 106 Å². The molecule has 0 atom stereocenters. The number of hydrogen-bond donors (Lipinski definition) is 2. The van der Waals surface area contributed by atoms with Gasteiger partial charge in [-0.3, -0.25) is 9.89 Å². The quantitative estimate of drug-likeness (QED) is 0.851. The molecule has 0 radical (unpaired) electrons. The molecule has 0 saturated carbocycles. The summed E-state index contributed by atoms with van der Waals surface area (Å²) in [6.07, 6.45) is 5.49. The van der Waals surface area contributed by atoms with Gasteiger partial charge in [-0.05, 0) is 25.0 Å². The van der Waals surface area contributed by atoms with E-state index < -0.39 is 0 Å². The molecule has 5 nitrogen and oxygen atoms in total. The molecule has 0 saturated heterocycles. The van der Waals surface area contributed by atoms with E-state index in [1.165, 1.54) is 0 Å². The Morgan fingerprint density at radius 1 is 1.50 bits per heavy atom. The van der Waals surface area contributed by atoms with Crippen LogP contribution in [0.25, 0.3) is 0 Å². The Bertz CT molecular complexity index is 527. The Hall–Kier alpha value is -2.04. The van der Waals surface area contributed by atoms with Crippen LogP contribution in [0.4, 0.5) is 5.82 Å². The normalized spacial score (nSPS) is 10.6. The number of nitrogens with zero attached hydrogens (tertiary/aromatic N) is 2. The van der Waals surface area contributed by atoms with Crippen LogP contribution in [0.2, 0.25) is 0 Å². The maximum absolute atomic E-state index is 12.2. The number of aryl methyl sites for hydroxylation is 2. The van der Waals surface area contributed by atoms with Crippen molar-refractivity contribution in [3.05, 3.63) is 35.8 Å². The summed E-state index contributed by atoms with van der Waals surface area (Å²) in [6, 6.07) is 3.71. The predicted octanol–water partition coefficient (Wildman–Crippen LogP) is 2.44. The van der Waals surface area contributed by atoms with Gasteiger partial charge >= 0.3 is 0 Å². The van der Waals surface area contributed by atoms with Crippen molar-refractivity contribution in [2.45, 2.75) is 33.2 Å². The summed E-state index contributed by atoms with van der Waals surface area (Å²) >= 11 is 0. The van der Waals surface area contributed by atoms with Crippen LogP contribution in [0.1, 0.15) is 36.3 Å². The number of hydrogen-bond acceptors (Lipinski definition) is 2. The van der Waals surface area contributed by atoms with Crippen LogP contribution in [-0.2, 0) is 13.0 Å². The molecule has 0 bridgehead atoms. The standard InChI is InChI=1S/C13H18N4O/c1-3-7-17-8-5-6-11(17)13(18)15-12-10(4-2)9-14-16-12/h5-6,8-9H,3-4,7H2,1-2H3,(H2,14,15,16,18). The molecule has 2 aromatic heterocycles. The average molecular weight is 246 g/mol. The van der Waals surface area contributed by atoms with Gasteiger partial charge in [-0.25, -0.2) is 0 Å². The van der Waals surface area contributed by atoms with E-state index in [0.717, 1.165) is 24.9 Å². The molecule has 0 aliphatic heterocycles. The highest BCUT2D eigenvalue weighted by atomic mass is 16.2. The van der Waals surface area contributed by atoms with Crippen molar-refractivity contribution in [2.24, 2.45) is 0 Å². The van der Waals surface area contributed by atoms with Crippen molar-refractivity contribution in [1.29, 1.82) is 0 Å². The lowest BCUT2D eigenvalue weighted by molar-refractivity contribution is 0.101. The van der Waals surface area contributed by atoms with E-state index in [1.807, 2.05) is 29.8 Å². The first-order valence-electron chi connectivity index (χ1n) is 6.25. The second-order valence-corrected chi connectivity index (χ2v) is 4.16. The zero-order valence-electron chi connectivity index (χ0n) is 10.7. The van der Waals surface area contributed by atoms with Crippen molar-refractivity contribution in [2.75, 3.05) is 5.32 Å².